The lowest BCUT2D eigenvalue weighted by Gasteiger charge is -2.21. The number of benzene rings is 1. The van der Waals surface area contributed by atoms with Gasteiger partial charge in [0.1, 0.15) is 18.2 Å². The standard InChI is InChI=1S/C22H31N5O4S/c1-3-31-25-17-19-4-6-21(7-5-19)30-15-10-18(2)9-12-26-13-14-27(32(26,28)29)20-8-11-24-22(23)16-20/h4-8,11,16-18H,3,9-10,12-15H2,1-2H3,(H2,23,24)/b25-17+. The lowest BCUT2D eigenvalue weighted by Crippen LogP contribution is -2.34. The van der Waals surface area contributed by atoms with Crippen LogP contribution in [0.3, 0.4) is 0 Å². The molecule has 0 saturated carbocycles. The molecular weight excluding hydrogens is 430 g/mol. The molecule has 1 aliphatic heterocycles. The van der Waals surface area contributed by atoms with Crippen molar-refractivity contribution in [1.82, 2.24) is 9.29 Å². The van der Waals surface area contributed by atoms with Gasteiger partial charge in [0.2, 0.25) is 0 Å². The molecule has 1 aliphatic rings. The Morgan fingerprint density at radius 1 is 1.22 bits per heavy atom. The number of nitrogen functional groups attached to an aromatic ring is 1. The number of rotatable bonds is 11. The van der Waals surface area contributed by atoms with Gasteiger partial charge >= 0.3 is 10.2 Å². The fourth-order valence-corrected chi connectivity index (χ4v) is 4.98. The van der Waals surface area contributed by atoms with E-state index in [0.717, 1.165) is 24.2 Å². The van der Waals surface area contributed by atoms with Gasteiger partial charge in [0, 0.05) is 31.9 Å². The van der Waals surface area contributed by atoms with E-state index in [-0.39, 0.29) is 0 Å². The van der Waals surface area contributed by atoms with Gasteiger partial charge in [-0.05, 0) is 61.6 Å². The van der Waals surface area contributed by atoms with Crippen LogP contribution in [0.1, 0.15) is 32.3 Å². The summed E-state index contributed by atoms with van der Waals surface area (Å²) in [4.78, 5) is 8.88. The summed E-state index contributed by atoms with van der Waals surface area (Å²) < 4.78 is 34.5. The fraction of sp³-hybridized carbons (Fsp3) is 0.455. The maximum Gasteiger partial charge on any atom is 0.304 e. The summed E-state index contributed by atoms with van der Waals surface area (Å²) in [6.45, 7) is 6.46. The van der Waals surface area contributed by atoms with E-state index >= 15 is 0 Å². The average Bonchev–Trinajstić information content (AvgIpc) is 3.07. The smallest absolute Gasteiger partial charge is 0.304 e. The molecule has 1 aromatic heterocycles. The minimum absolute atomic E-state index is 0.304. The highest BCUT2D eigenvalue weighted by Crippen LogP contribution is 2.26. The summed E-state index contributed by atoms with van der Waals surface area (Å²) in [5.41, 5.74) is 7.19. The van der Waals surface area contributed by atoms with Crippen LogP contribution in [-0.4, -0.2) is 56.8 Å². The molecule has 1 fully saturated rings. The van der Waals surface area contributed by atoms with E-state index in [2.05, 4.69) is 17.1 Å². The highest BCUT2D eigenvalue weighted by Gasteiger charge is 2.36. The molecule has 10 heteroatoms. The third-order valence-electron chi connectivity index (χ3n) is 5.25. The van der Waals surface area contributed by atoms with Crippen molar-refractivity contribution in [2.24, 2.45) is 11.1 Å². The van der Waals surface area contributed by atoms with Gasteiger partial charge in [-0.2, -0.15) is 12.7 Å². The van der Waals surface area contributed by atoms with E-state index in [4.69, 9.17) is 15.3 Å². The van der Waals surface area contributed by atoms with Crippen molar-refractivity contribution in [2.45, 2.75) is 26.7 Å². The molecule has 0 amide bonds. The van der Waals surface area contributed by atoms with E-state index in [9.17, 15) is 8.42 Å². The lowest BCUT2D eigenvalue weighted by atomic mass is 10.0. The molecule has 32 heavy (non-hydrogen) atoms. The second kappa shape index (κ2) is 11.1. The van der Waals surface area contributed by atoms with Crippen LogP contribution in [0.25, 0.3) is 0 Å². The molecule has 1 atom stereocenters. The number of ether oxygens (including phenoxy) is 1. The largest absolute Gasteiger partial charge is 0.494 e. The highest BCUT2D eigenvalue weighted by molar-refractivity contribution is 7.90. The molecule has 0 radical (unpaired) electrons. The van der Waals surface area contributed by atoms with Crippen molar-refractivity contribution in [2.75, 3.05) is 42.9 Å². The van der Waals surface area contributed by atoms with Crippen LogP contribution in [0.2, 0.25) is 0 Å². The topological polar surface area (TPSA) is 110 Å². The second-order valence-corrected chi connectivity index (χ2v) is 9.52. The van der Waals surface area contributed by atoms with Crippen molar-refractivity contribution in [1.29, 1.82) is 0 Å². The maximum atomic E-state index is 12.9. The molecule has 0 aliphatic carbocycles. The number of nitrogens with two attached hydrogens (primary N) is 1. The third kappa shape index (κ3) is 6.33. The van der Waals surface area contributed by atoms with E-state index in [1.54, 1.807) is 18.3 Å². The van der Waals surface area contributed by atoms with Crippen LogP contribution in [0.15, 0.2) is 47.8 Å². The highest BCUT2D eigenvalue weighted by atomic mass is 32.2. The Morgan fingerprint density at radius 3 is 2.72 bits per heavy atom. The number of pyridine rings is 1. The van der Waals surface area contributed by atoms with Gasteiger partial charge in [-0.3, -0.25) is 4.31 Å². The zero-order valence-corrected chi connectivity index (χ0v) is 19.4. The molecule has 1 aromatic carbocycles. The summed E-state index contributed by atoms with van der Waals surface area (Å²) in [5.74, 6) is 1.42. The van der Waals surface area contributed by atoms with Crippen molar-refractivity contribution in [3.8, 4) is 5.75 Å². The lowest BCUT2D eigenvalue weighted by molar-refractivity contribution is 0.160. The third-order valence-corrected chi connectivity index (χ3v) is 7.21. The normalized spacial score (nSPS) is 17.0. The average molecular weight is 462 g/mol. The van der Waals surface area contributed by atoms with Crippen molar-refractivity contribution in [3.05, 3.63) is 48.2 Å². The molecule has 2 N–H and O–H groups in total. The van der Waals surface area contributed by atoms with Crippen LogP contribution in [0.5, 0.6) is 5.75 Å². The maximum absolute atomic E-state index is 12.9. The Labute approximate surface area is 190 Å². The van der Waals surface area contributed by atoms with Gasteiger partial charge in [0.05, 0.1) is 18.5 Å². The number of anilines is 2. The zero-order valence-electron chi connectivity index (χ0n) is 18.6. The number of nitrogens with zero attached hydrogens (tertiary/aromatic N) is 4. The first-order valence-electron chi connectivity index (χ1n) is 10.8. The molecule has 0 bridgehead atoms. The van der Waals surface area contributed by atoms with Crippen LogP contribution in [0.4, 0.5) is 11.5 Å². The van der Waals surface area contributed by atoms with Gasteiger partial charge < -0.3 is 15.3 Å². The molecule has 3 rings (SSSR count). The Balaban J connectivity index is 1.42. The predicted octanol–water partition coefficient (Wildman–Crippen LogP) is 2.90. The number of hydrogen-bond donors (Lipinski definition) is 1. The van der Waals surface area contributed by atoms with Crippen molar-refractivity contribution in [3.63, 3.8) is 0 Å². The first kappa shape index (κ1) is 23.8. The summed E-state index contributed by atoms with van der Waals surface area (Å²) in [6.07, 6.45) is 4.78. The van der Waals surface area contributed by atoms with Gasteiger partial charge in [-0.25, -0.2) is 4.98 Å². The van der Waals surface area contributed by atoms with Crippen molar-refractivity contribution >= 4 is 27.9 Å². The SMILES string of the molecule is CCO/N=C/c1ccc(OCCC(C)CCN2CCN(c3ccnc(N)c3)S2(=O)=O)cc1. The molecule has 0 spiro atoms. The first-order valence-corrected chi connectivity index (χ1v) is 12.2. The molecule has 2 heterocycles. The summed E-state index contributed by atoms with van der Waals surface area (Å²) in [6, 6.07) is 10.9. The van der Waals surface area contributed by atoms with E-state index in [1.165, 1.54) is 14.8 Å². The summed E-state index contributed by atoms with van der Waals surface area (Å²) >= 11 is 0. The van der Waals surface area contributed by atoms with E-state index in [1.807, 2.05) is 31.2 Å². The minimum atomic E-state index is -3.54. The minimum Gasteiger partial charge on any atom is -0.494 e. The van der Waals surface area contributed by atoms with E-state index < -0.39 is 10.2 Å². The molecule has 1 unspecified atom stereocenters. The Kier molecular flexibility index (Phi) is 8.29. The zero-order chi connectivity index (χ0) is 23.0. The van der Waals surface area contributed by atoms with E-state index in [0.29, 0.717) is 50.3 Å². The molecule has 1 saturated heterocycles. The number of oxime groups is 1. The molecule has 2 aromatic rings. The molecule has 9 nitrogen and oxygen atoms in total. The second-order valence-electron chi connectivity index (χ2n) is 7.67. The van der Waals surface area contributed by atoms with Crippen LogP contribution in [0, 0.1) is 5.92 Å². The Bertz CT molecular complexity index is 998. The summed E-state index contributed by atoms with van der Waals surface area (Å²) in [7, 11) is -3.54. The van der Waals surface area contributed by atoms with Crippen LogP contribution < -0.4 is 14.8 Å². The van der Waals surface area contributed by atoms with Gasteiger partial charge in [-0.15, -0.1) is 0 Å². The molecule has 174 valence electrons. The van der Waals surface area contributed by atoms with Crippen LogP contribution in [-0.2, 0) is 15.0 Å². The van der Waals surface area contributed by atoms with Gasteiger partial charge in [-0.1, -0.05) is 12.1 Å². The molecular formula is C22H31N5O4S. The number of hydrogen-bond acceptors (Lipinski definition) is 7. The Hall–Kier alpha value is -2.85. The first-order chi connectivity index (χ1) is 15.4. The predicted molar refractivity (Wildman–Crippen MR) is 126 cm³/mol. The monoisotopic (exact) mass is 461 g/mol. The Morgan fingerprint density at radius 2 is 2.00 bits per heavy atom. The number of aromatic nitrogens is 1. The van der Waals surface area contributed by atoms with Crippen LogP contribution >= 0.6 is 0 Å². The van der Waals surface area contributed by atoms with Crippen molar-refractivity contribution < 1.29 is 18.0 Å². The quantitative estimate of drug-likeness (QED) is 0.407. The van der Waals surface area contributed by atoms with Gasteiger partial charge in [0.25, 0.3) is 0 Å². The summed E-state index contributed by atoms with van der Waals surface area (Å²) in [5, 5.41) is 3.84. The fourth-order valence-electron chi connectivity index (χ4n) is 3.36. The van der Waals surface area contributed by atoms with Gasteiger partial charge in [0.15, 0.2) is 0 Å².